The van der Waals surface area contributed by atoms with Gasteiger partial charge < -0.3 is 5.43 Å². The molecule has 1 saturated carbocycles. The second-order valence-corrected chi connectivity index (χ2v) is 2.37. The fourth-order valence-electron chi connectivity index (χ4n) is 1.26. The molecule has 0 saturated heterocycles. The van der Waals surface area contributed by atoms with Crippen molar-refractivity contribution in [3.63, 3.8) is 0 Å². The Morgan fingerprint density at radius 1 is 1.78 bits per heavy atom. The van der Waals surface area contributed by atoms with Crippen LogP contribution in [0.4, 0.5) is 0 Å². The van der Waals surface area contributed by atoms with Crippen molar-refractivity contribution in [2.75, 3.05) is 0 Å². The molecule has 2 aliphatic rings. The summed E-state index contributed by atoms with van der Waals surface area (Å²) in [6.45, 7) is 0. The number of rotatable bonds is 0. The molecule has 1 aliphatic carbocycles. The number of nitrogens with zero attached hydrogens (tertiary/aromatic N) is 1. The molecule has 1 aliphatic heterocycles. The van der Waals surface area contributed by atoms with Crippen LogP contribution in [0.1, 0.15) is 12.8 Å². The Labute approximate surface area is 52.4 Å². The molecule has 9 heavy (non-hydrogen) atoms. The summed E-state index contributed by atoms with van der Waals surface area (Å²) in [7, 11) is 0. The van der Waals surface area contributed by atoms with E-state index in [0.29, 0.717) is 0 Å². The van der Waals surface area contributed by atoms with Crippen LogP contribution in [-0.2, 0) is 4.79 Å². The maximum atomic E-state index is 10.1. The van der Waals surface area contributed by atoms with Crippen molar-refractivity contribution in [3.05, 3.63) is 5.57 Å². The van der Waals surface area contributed by atoms with E-state index in [0.717, 1.165) is 24.1 Å². The van der Waals surface area contributed by atoms with Crippen molar-refractivity contribution >= 4 is 11.7 Å². The average molecular weight is 122 g/mol. The Balaban J connectivity index is 2.40. The SMILES string of the molecule is O=C=C1CC2=NNC1C2. The maximum Gasteiger partial charge on any atom is 0.126 e. The molecular formula is C6H6N2O. The van der Waals surface area contributed by atoms with Crippen LogP contribution in [0.15, 0.2) is 10.7 Å². The Bertz CT molecular complexity index is 225. The van der Waals surface area contributed by atoms with Gasteiger partial charge in [-0.05, 0) is 0 Å². The van der Waals surface area contributed by atoms with Gasteiger partial charge in [-0.3, -0.25) is 0 Å². The minimum absolute atomic E-state index is 0.192. The van der Waals surface area contributed by atoms with Gasteiger partial charge in [-0.15, -0.1) is 0 Å². The first-order chi connectivity index (χ1) is 4.40. The Hall–Kier alpha value is -1.08. The molecule has 0 aromatic heterocycles. The predicted octanol–water partition coefficient (Wildman–Crippen LogP) is -0.134. The largest absolute Gasteiger partial charge is 0.302 e. The van der Waals surface area contributed by atoms with Gasteiger partial charge in [0.15, 0.2) is 0 Å². The van der Waals surface area contributed by atoms with Crippen molar-refractivity contribution in [3.8, 4) is 0 Å². The van der Waals surface area contributed by atoms with E-state index in [1.807, 2.05) is 5.94 Å². The molecule has 1 fully saturated rings. The molecule has 3 heteroatoms. The molecule has 0 amide bonds. The predicted molar refractivity (Wildman–Crippen MR) is 32.8 cm³/mol. The number of carbonyl (C=O) groups excluding carboxylic acids is 1. The van der Waals surface area contributed by atoms with E-state index >= 15 is 0 Å². The molecule has 0 aromatic carbocycles. The van der Waals surface area contributed by atoms with E-state index in [9.17, 15) is 4.79 Å². The van der Waals surface area contributed by atoms with Crippen LogP contribution in [0, 0.1) is 0 Å². The third-order valence-corrected chi connectivity index (χ3v) is 1.76. The average Bonchev–Trinajstić information content (AvgIpc) is 2.45. The van der Waals surface area contributed by atoms with Crippen molar-refractivity contribution in [1.29, 1.82) is 0 Å². The minimum Gasteiger partial charge on any atom is -0.302 e. The molecule has 46 valence electrons. The van der Waals surface area contributed by atoms with Gasteiger partial charge in [0.2, 0.25) is 0 Å². The molecule has 2 rings (SSSR count). The number of nitrogens with one attached hydrogen (secondary N) is 1. The molecule has 0 spiro atoms. The van der Waals surface area contributed by atoms with Gasteiger partial charge in [-0.25, -0.2) is 4.79 Å². The molecule has 1 N–H and O–H groups in total. The molecule has 2 bridgehead atoms. The van der Waals surface area contributed by atoms with E-state index in [1.54, 1.807) is 0 Å². The van der Waals surface area contributed by atoms with Crippen LogP contribution >= 0.6 is 0 Å². The highest BCUT2D eigenvalue weighted by Crippen LogP contribution is 2.24. The summed E-state index contributed by atoms with van der Waals surface area (Å²) in [5.41, 5.74) is 4.77. The van der Waals surface area contributed by atoms with E-state index in [1.165, 1.54) is 0 Å². The van der Waals surface area contributed by atoms with Gasteiger partial charge in [0.05, 0.1) is 6.04 Å². The Morgan fingerprint density at radius 2 is 2.67 bits per heavy atom. The monoisotopic (exact) mass is 122 g/mol. The van der Waals surface area contributed by atoms with Crippen LogP contribution < -0.4 is 5.43 Å². The van der Waals surface area contributed by atoms with Crippen molar-refractivity contribution < 1.29 is 4.79 Å². The van der Waals surface area contributed by atoms with E-state index in [2.05, 4.69) is 10.5 Å². The van der Waals surface area contributed by atoms with Gasteiger partial charge in [0.1, 0.15) is 5.94 Å². The first kappa shape index (κ1) is 4.77. The summed E-state index contributed by atoms with van der Waals surface area (Å²) < 4.78 is 0. The number of hydrogen-bond acceptors (Lipinski definition) is 3. The number of hydrazone groups is 1. The summed E-state index contributed by atoms with van der Waals surface area (Å²) in [5.74, 6) is 1.92. The van der Waals surface area contributed by atoms with E-state index in [4.69, 9.17) is 0 Å². The highest BCUT2D eigenvalue weighted by atomic mass is 16.1. The maximum absolute atomic E-state index is 10.1. The summed E-state index contributed by atoms with van der Waals surface area (Å²) in [6.07, 6.45) is 1.67. The lowest BCUT2D eigenvalue weighted by molar-refractivity contribution is 0.561. The Kier molecular flexibility index (Phi) is 0.769. The highest BCUT2D eigenvalue weighted by Gasteiger charge is 2.31. The molecule has 3 nitrogen and oxygen atoms in total. The smallest absolute Gasteiger partial charge is 0.126 e. The van der Waals surface area contributed by atoms with Gasteiger partial charge >= 0.3 is 0 Å². The molecule has 1 atom stereocenters. The van der Waals surface area contributed by atoms with Crippen molar-refractivity contribution in [2.45, 2.75) is 18.9 Å². The quantitative estimate of drug-likeness (QED) is 0.454. The lowest BCUT2D eigenvalue weighted by Gasteiger charge is -2.04. The number of hydrogen-bond donors (Lipinski definition) is 1. The third-order valence-electron chi connectivity index (χ3n) is 1.76. The van der Waals surface area contributed by atoms with Crippen LogP contribution in [0.25, 0.3) is 0 Å². The lowest BCUT2D eigenvalue weighted by atomic mass is 10.2. The molecule has 1 heterocycles. The van der Waals surface area contributed by atoms with Gasteiger partial charge in [-0.1, -0.05) is 0 Å². The van der Waals surface area contributed by atoms with Gasteiger partial charge in [0.25, 0.3) is 0 Å². The van der Waals surface area contributed by atoms with Gasteiger partial charge in [0, 0.05) is 24.1 Å². The van der Waals surface area contributed by atoms with Crippen LogP contribution in [0.3, 0.4) is 0 Å². The summed E-state index contributed by atoms with van der Waals surface area (Å²) in [4.78, 5) is 10.1. The molecule has 1 unspecified atom stereocenters. The van der Waals surface area contributed by atoms with E-state index in [-0.39, 0.29) is 6.04 Å². The van der Waals surface area contributed by atoms with Crippen LogP contribution in [0.2, 0.25) is 0 Å². The van der Waals surface area contributed by atoms with Crippen LogP contribution in [0.5, 0.6) is 0 Å². The third kappa shape index (κ3) is 0.522. The zero-order valence-corrected chi connectivity index (χ0v) is 4.85. The molecule has 0 radical (unpaired) electrons. The second kappa shape index (κ2) is 1.45. The van der Waals surface area contributed by atoms with E-state index < -0.39 is 0 Å². The van der Waals surface area contributed by atoms with Crippen LogP contribution in [-0.4, -0.2) is 17.7 Å². The van der Waals surface area contributed by atoms with Gasteiger partial charge in [-0.2, -0.15) is 5.10 Å². The van der Waals surface area contributed by atoms with Crippen molar-refractivity contribution in [2.24, 2.45) is 5.10 Å². The molecular weight excluding hydrogens is 116 g/mol. The van der Waals surface area contributed by atoms with Crippen molar-refractivity contribution in [1.82, 2.24) is 5.43 Å². The first-order valence-corrected chi connectivity index (χ1v) is 2.95. The first-order valence-electron chi connectivity index (χ1n) is 2.95. The summed E-state index contributed by atoms with van der Waals surface area (Å²) in [6, 6.07) is 0.192. The standard InChI is InChI=1S/C6H6N2O/c9-3-4-1-5-2-6(4)8-7-5/h6,8H,1-2H2. The zero-order chi connectivity index (χ0) is 6.27. The Morgan fingerprint density at radius 3 is 3.00 bits per heavy atom. The fraction of sp³-hybridized carbons (Fsp3) is 0.500. The normalized spacial score (nSPS) is 29.6. The second-order valence-electron chi connectivity index (χ2n) is 2.37. The molecule has 0 aromatic rings. The zero-order valence-electron chi connectivity index (χ0n) is 4.85. The topological polar surface area (TPSA) is 41.5 Å². The fourth-order valence-corrected chi connectivity index (χ4v) is 1.26. The number of fused-ring (bicyclic) bond motifs is 2. The summed E-state index contributed by atoms with van der Waals surface area (Å²) >= 11 is 0. The highest BCUT2D eigenvalue weighted by molar-refractivity contribution is 5.95. The summed E-state index contributed by atoms with van der Waals surface area (Å²) in [5, 5.41) is 3.97. The minimum atomic E-state index is 0.192. The lowest BCUT2D eigenvalue weighted by Crippen LogP contribution is -2.20.